The van der Waals surface area contributed by atoms with Crippen LogP contribution in [0.2, 0.25) is 0 Å². The van der Waals surface area contributed by atoms with Gasteiger partial charge in [-0.05, 0) is 25.0 Å². The average Bonchev–Trinajstić information content (AvgIpc) is 2.26. The number of methoxy groups -OCH3 is 1. The van der Waals surface area contributed by atoms with E-state index in [1.54, 1.807) is 30.0 Å². The lowest BCUT2D eigenvalue weighted by Gasteiger charge is -2.41. The summed E-state index contributed by atoms with van der Waals surface area (Å²) >= 11 is 0. The molecule has 2 rings (SSSR count). The van der Waals surface area contributed by atoms with Gasteiger partial charge in [-0.3, -0.25) is 0 Å². The summed E-state index contributed by atoms with van der Waals surface area (Å²) < 4.78 is 4.71. The van der Waals surface area contributed by atoms with Crippen molar-refractivity contribution in [2.24, 2.45) is 0 Å². The second-order valence-electron chi connectivity index (χ2n) is 4.30. The zero-order chi connectivity index (χ0) is 13.3. The smallest absolute Gasteiger partial charge is 0.338 e. The van der Waals surface area contributed by atoms with Gasteiger partial charge in [-0.25, -0.2) is 9.59 Å². The van der Waals surface area contributed by atoms with Crippen molar-refractivity contribution < 1.29 is 19.4 Å². The van der Waals surface area contributed by atoms with Gasteiger partial charge < -0.3 is 14.7 Å². The van der Waals surface area contributed by atoms with E-state index >= 15 is 0 Å². The van der Waals surface area contributed by atoms with Crippen molar-refractivity contribution in [2.75, 3.05) is 18.6 Å². The molecule has 1 atom stereocenters. The topological polar surface area (TPSA) is 66.8 Å². The number of hydrogen-bond donors (Lipinski definition) is 1. The molecule has 1 saturated heterocycles. The average molecular weight is 249 g/mol. The summed E-state index contributed by atoms with van der Waals surface area (Å²) in [5, 5.41) is 9.25. The zero-order valence-electron chi connectivity index (χ0n) is 10.3. The maximum atomic E-state index is 11.5. The maximum Gasteiger partial charge on any atom is 0.338 e. The molecule has 1 unspecified atom stereocenters. The lowest BCUT2D eigenvalue weighted by Crippen LogP contribution is -2.53. The molecule has 0 saturated carbocycles. The van der Waals surface area contributed by atoms with Gasteiger partial charge in [0.1, 0.15) is 6.04 Å². The molecule has 1 aromatic rings. The van der Waals surface area contributed by atoms with Gasteiger partial charge in [0.15, 0.2) is 0 Å². The molecule has 1 aromatic carbocycles. The third-order valence-electron chi connectivity index (χ3n) is 3.27. The van der Waals surface area contributed by atoms with Crippen molar-refractivity contribution in [3.05, 3.63) is 29.3 Å². The van der Waals surface area contributed by atoms with E-state index in [1.807, 2.05) is 0 Å². The van der Waals surface area contributed by atoms with Gasteiger partial charge in [-0.2, -0.15) is 0 Å². The lowest BCUT2D eigenvalue weighted by atomic mass is 9.98. The highest BCUT2D eigenvalue weighted by molar-refractivity contribution is 5.97. The van der Waals surface area contributed by atoms with Crippen LogP contribution in [0.25, 0.3) is 0 Å². The first-order chi connectivity index (χ1) is 8.56. The molecule has 0 aliphatic carbocycles. The fourth-order valence-corrected chi connectivity index (χ4v) is 2.23. The first-order valence-corrected chi connectivity index (χ1v) is 5.73. The van der Waals surface area contributed by atoms with Crippen LogP contribution in [0.5, 0.6) is 0 Å². The summed E-state index contributed by atoms with van der Waals surface area (Å²) in [5.74, 6) is -1.29. The standard InChI is InChI=1S/C13H15NO4/c1-8-4-3-5-9(11(8)12(15)16)14-7-6-10(14)13(17)18-2/h3-5,10H,6-7H2,1-2H3,(H,15,16). The first-order valence-electron chi connectivity index (χ1n) is 5.73. The van der Waals surface area contributed by atoms with Crippen molar-refractivity contribution in [1.29, 1.82) is 0 Å². The highest BCUT2D eigenvalue weighted by atomic mass is 16.5. The van der Waals surface area contributed by atoms with Crippen molar-refractivity contribution in [1.82, 2.24) is 0 Å². The Morgan fingerprint density at radius 2 is 2.17 bits per heavy atom. The number of esters is 1. The van der Waals surface area contributed by atoms with Gasteiger partial charge in [-0.1, -0.05) is 12.1 Å². The number of ether oxygens (including phenoxy) is 1. The maximum absolute atomic E-state index is 11.5. The Hall–Kier alpha value is -2.04. The number of rotatable bonds is 3. The number of carboxylic acid groups (broad SMARTS) is 1. The number of carboxylic acids is 1. The molecule has 0 amide bonds. The molecule has 1 N–H and O–H groups in total. The highest BCUT2D eigenvalue weighted by Gasteiger charge is 2.37. The summed E-state index contributed by atoms with van der Waals surface area (Å²) in [5.41, 5.74) is 1.53. The van der Waals surface area contributed by atoms with Crippen molar-refractivity contribution in [3.8, 4) is 0 Å². The minimum Gasteiger partial charge on any atom is -0.478 e. The zero-order valence-corrected chi connectivity index (χ0v) is 10.3. The fourth-order valence-electron chi connectivity index (χ4n) is 2.23. The Balaban J connectivity index is 2.37. The van der Waals surface area contributed by atoms with Gasteiger partial charge in [0, 0.05) is 6.54 Å². The Labute approximate surface area is 105 Å². The summed E-state index contributed by atoms with van der Waals surface area (Å²) in [6, 6.07) is 4.91. The van der Waals surface area contributed by atoms with E-state index in [4.69, 9.17) is 4.74 Å². The number of aryl methyl sites for hydroxylation is 1. The normalized spacial score (nSPS) is 18.1. The minimum absolute atomic E-state index is 0.256. The molecule has 5 nitrogen and oxygen atoms in total. The van der Waals surface area contributed by atoms with E-state index in [0.717, 1.165) is 0 Å². The largest absolute Gasteiger partial charge is 0.478 e. The van der Waals surface area contributed by atoms with E-state index in [2.05, 4.69) is 0 Å². The Morgan fingerprint density at radius 3 is 2.67 bits per heavy atom. The van der Waals surface area contributed by atoms with Crippen LogP contribution in [0.4, 0.5) is 5.69 Å². The van der Waals surface area contributed by atoms with E-state index < -0.39 is 5.97 Å². The molecule has 18 heavy (non-hydrogen) atoms. The van der Waals surface area contributed by atoms with Crippen LogP contribution >= 0.6 is 0 Å². The van der Waals surface area contributed by atoms with Crippen molar-refractivity contribution in [3.63, 3.8) is 0 Å². The molecule has 0 bridgehead atoms. The minimum atomic E-state index is -0.974. The Kier molecular flexibility index (Phi) is 3.23. The molecule has 1 heterocycles. The molecule has 96 valence electrons. The van der Waals surface area contributed by atoms with Gasteiger partial charge in [0.05, 0.1) is 18.4 Å². The predicted octanol–water partition coefficient (Wildman–Crippen LogP) is 1.44. The summed E-state index contributed by atoms with van der Waals surface area (Å²) in [6.07, 6.45) is 0.694. The molecule has 0 spiro atoms. The van der Waals surface area contributed by atoms with Crippen LogP contribution in [0.15, 0.2) is 18.2 Å². The molecular formula is C13H15NO4. The predicted molar refractivity (Wildman–Crippen MR) is 65.9 cm³/mol. The third kappa shape index (κ3) is 1.92. The summed E-state index contributed by atoms with van der Waals surface area (Å²) in [4.78, 5) is 24.6. The number of benzene rings is 1. The Bertz CT molecular complexity index is 498. The molecule has 1 aliphatic heterocycles. The summed E-state index contributed by atoms with van der Waals surface area (Å²) in [7, 11) is 1.34. The van der Waals surface area contributed by atoms with Gasteiger partial charge >= 0.3 is 11.9 Å². The molecule has 1 fully saturated rings. The van der Waals surface area contributed by atoms with Crippen molar-refractivity contribution in [2.45, 2.75) is 19.4 Å². The first kappa shape index (κ1) is 12.4. The van der Waals surface area contributed by atoms with Crippen LogP contribution in [-0.2, 0) is 9.53 Å². The van der Waals surface area contributed by atoms with E-state index in [9.17, 15) is 14.7 Å². The van der Waals surface area contributed by atoms with Gasteiger partial charge in [-0.15, -0.1) is 0 Å². The molecular weight excluding hydrogens is 234 g/mol. The molecule has 0 aromatic heterocycles. The monoisotopic (exact) mass is 249 g/mol. The quantitative estimate of drug-likeness (QED) is 0.821. The SMILES string of the molecule is COC(=O)C1CCN1c1cccc(C)c1C(=O)O. The van der Waals surface area contributed by atoms with E-state index in [-0.39, 0.29) is 17.6 Å². The van der Waals surface area contributed by atoms with Crippen LogP contribution in [0.3, 0.4) is 0 Å². The van der Waals surface area contributed by atoms with Crippen LogP contribution in [0.1, 0.15) is 22.3 Å². The number of carbonyl (C=O) groups excluding carboxylic acids is 1. The number of anilines is 1. The lowest BCUT2D eigenvalue weighted by molar-refractivity contribution is -0.143. The van der Waals surface area contributed by atoms with E-state index in [0.29, 0.717) is 24.2 Å². The highest BCUT2D eigenvalue weighted by Crippen LogP contribution is 2.31. The third-order valence-corrected chi connectivity index (χ3v) is 3.27. The number of carbonyl (C=O) groups is 2. The molecule has 1 aliphatic rings. The number of aromatic carboxylic acids is 1. The number of nitrogens with zero attached hydrogens (tertiary/aromatic N) is 1. The second-order valence-corrected chi connectivity index (χ2v) is 4.30. The van der Waals surface area contributed by atoms with E-state index in [1.165, 1.54) is 7.11 Å². The second kappa shape index (κ2) is 4.68. The summed E-state index contributed by atoms with van der Waals surface area (Å²) in [6.45, 7) is 2.42. The number of hydrogen-bond acceptors (Lipinski definition) is 4. The van der Waals surface area contributed by atoms with Gasteiger partial charge in [0.25, 0.3) is 0 Å². The fraction of sp³-hybridized carbons (Fsp3) is 0.385. The molecule has 5 heteroatoms. The van der Waals surface area contributed by atoms with Crippen LogP contribution < -0.4 is 4.90 Å². The van der Waals surface area contributed by atoms with Gasteiger partial charge in [0.2, 0.25) is 0 Å². The van der Waals surface area contributed by atoms with Crippen LogP contribution in [-0.4, -0.2) is 36.7 Å². The van der Waals surface area contributed by atoms with Crippen molar-refractivity contribution >= 4 is 17.6 Å². The molecule has 0 radical (unpaired) electrons. The Morgan fingerprint density at radius 1 is 1.44 bits per heavy atom. The van der Waals surface area contributed by atoms with Crippen LogP contribution in [0, 0.1) is 6.92 Å².